The van der Waals surface area contributed by atoms with Gasteiger partial charge >= 0.3 is 5.97 Å². The van der Waals surface area contributed by atoms with Crippen LogP contribution in [0.1, 0.15) is 16.6 Å². The average Bonchev–Trinajstić information content (AvgIpc) is 3.12. The van der Waals surface area contributed by atoms with Crippen molar-refractivity contribution in [3.63, 3.8) is 0 Å². The van der Waals surface area contributed by atoms with Gasteiger partial charge in [-0.05, 0) is 6.92 Å². The Balaban J connectivity index is 1.62. The zero-order valence-electron chi connectivity index (χ0n) is 14.6. The van der Waals surface area contributed by atoms with Gasteiger partial charge in [-0.1, -0.05) is 11.3 Å². The van der Waals surface area contributed by atoms with Crippen LogP contribution >= 0.6 is 11.3 Å². The first kappa shape index (κ1) is 18.5. The summed E-state index contributed by atoms with van der Waals surface area (Å²) in [4.78, 5) is 29.3. The summed E-state index contributed by atoms with van der Waals surface area (Å²) < 4.78 is 4.97. The van der Waals surface area contributed by atoms with E-state index in [2.05, 4.69) is 30.1 Å². The van der Waals surface area contributed by atoms with Crippen LogP contribution in [0.25, 0.3) is 0 Å². The lowest BCUT2D eigenvalue weighted by molar-refractivity contribution is 0.0532. The molecule has 3 rings (SSSR count). The summed E-state index contributed by atoms with van der Waals surface area (Å²) in [5.41, 5.74) is 0. The minimum Gasteiger partial charge on any atom is -0.462 e. The van der Waals surface area contributed by atoms with E-state index in [0.717, 1.165) is 32.0 Å². The Kier molecular flexibility index (Phi) is 6.31. The van der Waals surface area contributed by atoms with Crippen molar-refractivity contribution in [2.24, 2.45) is 0 Å². The quantitative estimate of drug-likeness (QED) is 0.682. The number of nitrogens with zero attached hydrogens (tertiary/aromatic N) is 5. The van der Waals surface area contributed by atoms with Crippen molar-refractivity contribution >= 4 is 34.1 Å². The Bertz CT molecular complexity index is 732. The first-order valence-electron chi connectivity index (χ1n) is 8.49. The van der Waals surface area contributed by atoms with E-state index in [1.54, 1.807) is 6.92 Å². The maximum absolute atomic E-state index is 11.7. The molecule has 2 N–H and O–H groups in total. The molecule has 1 aliphatic rings. The maximum Gasteiger partial charge on any atom is 0.350 e. The molecule has 1 fully saturated rings. The van der Waals surface area contributed by atoms with Gasteiger partial charge in [0.1, 0.15) is 22.8 Å². The molecule has 1 saturated heterocycles. The van der Waals surface area contributed by atoms with Gasteiger partial charge in [-0.2, -0.15) is 0 Å². The van der Waals surface area contributed by atoms with Crippen LogP contribution in [0.2, 0.25) is 0 Å². The van der Waals surface area contributed by atoms with Crippen LogP contribution < -0.4 is 10.2 Å². The van der Waals surface area contributed by atoms with Gasteiger partial charge in [0.25, 0.3) is 0 Å². The molecule has 0 radical (unpaired) electrons. The van der Waals surface area contributed by atoms with E-state index in [1.807, 2.05) is 6.07 Å². The van der Waals surface area contributed by atoms with Crippen molar-refractivity contribution in [3.8, 4) is 0 Å². The topological polar surface area (TPSA) is 104 Å². The molecule has 0 bridgehead atoms. The summed E-state index contributed by atoms with van der Waals surface area (Å²) in [5.74, 6) is 1.09. The molecule has 0 unspecified atom stereocenters. The SMILES string of the molecule is CCOC(=O)c1cnc(Nc2cc(N3CCN(CCO)CC3)ncn2)s1. The molecule has 0 aromatic carbocycles. The van der Waals surface area contributed by atoms with Crippen LogP contribution in [0, 0.1) is 0 Å². The molecule has 9 nitrogen and oxygen atoms in total. The van der Waals surface area contributed by atoms with Crippen LogP contribution in [0.4, 0.5) is 16.8 Å². The molecule has 0 amide bonds. The fourth-order valence-electron chi connectivity index (χ4n) is 2.67. The number of piperazine rings is 1. The number of aliphatic hydroxyl groups excluding tert-OH is 1. The van der Waals surface area contributed by atoms with Gasteiger partial charge in [-0.3, -0.25) is 4.90 Å². The summed E-state index contributed by atoms with van der Waals surface area (Å²) in [6.45, 7) is 6.47. The smallest absolute Gasteiger partial charge is 0.350 e. The van der Waals surface area contributed by atoms with Crippen LogP contribution in [0.5, 0.6) is 0 Å². The minimum absolute atomic E-state index is 0.184. The Morgan fingerprint density at radius 1 is 1.31 bits per heavy atom. The third kappa shape index (κ3) is 4.65. The fourth-order valence-corrected chi connectivity index (χ4v) is 3.39. The number of β-amino-alcohol motifs (C(OH)–C–C–N with tert-alkyl or cyclic N) is 1. The predicted octanol–water partition coefficient (Wildman–Crippen LogP) is 0.968. The standard InChI is InChI=1S/C16H22N6O3S/c1-2-25-15(24)12-10-17-16(26-12)20-13-9-14(19-11-18-13)22-5-3-21(4-6-22)7-8-23/h9-11,23H,2-8H2,1H3,(H,17,18,19,20). The molecule has 140 valence electrons. The lowest BCUT2D eigenvalue weighted by Gasteiger charge is -2.35. The zero-order chi connectivity index (χ0) is 18.4. The molecular weight excluding hydrogens is 356 g/mol. The van der Waals surface area contributed by atoms with Crippen molar-refractivity contribution in [1.82, 2.24) is 19.9 Å². The van der Waals surface area contributed by atoms with Crippen molar-refractivity contribution in [2.75, 3.05) is 56.2 Å². The van der Waals surface area contributed by atoms with E-state index in [1.165, 1.54) is 23.9 Å². The van der Waals surface area contributed by atoms with Gasteiger partial charge in [0.05, 0.1) is 19.4 Å². The number of carbonyl (C=O) groups is 1. The minimum atomic E-state index is -0.373. The van der Waals surface area contributed by atoms with Crippen molar-refractivity contribution in [2.45, 2.75) is 6.92 Å². The van der Waals surface area contributed by atoms with Gasteiger partial charge < -0.3 is 20.1 Å². The Hall–Kier alpha value is -2.30. The number of esters is 1. The Labute approximate surface area is 155 Å². The summed E-state index contributed by atoms with van der Waals surface area (Å²) in [5, 5.41) is 12.7. The molecule has 1 aliphatic heterocycles. The highest BCUT2D eigenvalue weighted by Crippen LogP contribution is 2.24. The van der Waals surface area contributed by atoms with E-state index in [-0.39, 0.29) is 12.6 Å². The van der Waals surface area contributed by atoms with Gasteiger partial charge in [-0.25, -0.2) is 19.7 Å². The molecule has 0 atom stereocenters. The number of aromatic nitrogens is 3. The van der Waals surface area contributed by atoms with E-state index >= 15 is 0 Å². The highest BCUT2D eigenvalue weighted by Gasteiger charge is 2.18. The molecule has 3 heterocycles. The lowest BCUT2D eigenvalue weighted by atomic mass is 10.3. The van der Waals surface area contributed by atoms with E-state index < -0.39 is 0 Å². The first-order chi connectivity index (χ1) is 12.7. The van der Waals surface area contributed by atoms with E-state index in [9.17, 15) is 4.79 Å². The average molecular weight is 378 g/mol. The van der Waals surface area contributed by atoms with Gasteiger partial charge in [0.15, 0.2) is 5.13 Å². The largest absolute Gasteiger partial charge is 0.462 e. The first-order valence-corrected chi connectivity index (χ1v) is 9.31. The fraction of sp³-hybridized carbons (Fsp3) is 0.500. The van der Waals surface area contributed by atoms with Crippen LogP contribution in [-0.2, 0) is 4.74 Å². The summed E-state index contributed by atoms with van der Waals surface area (Å²) >= 11 is 1.22. The maximum atomic E-state index is 11.7. The van der Waals surface area contributed by atoms with Crippen LogP contribution in [-0.4, -0.2) is 76.9 Å². The number of ether oxygens (including phenoxy) is 1. The van der Waals surface area contributed by atoms with Crippen molar-refractivity contribution in [1.29, 1.82) is 0 Å². The van der Waals surface area contributed by atoms with E-state index in [4.69, 9.17) is 9.84 Å². The molecule has 0 aliphatic carbocycles. The second kappa shape index (κ2) is 8.88. The number of hydrogen-bond donors (Lipinski definition) is 2. The number of thiazole rings is 1. The Morgan fingerprint density at radius 2 is 2.12 bits per heavy atom. The summed E-state index contributed by atoms with van der Waals surface area (Å²) in [6.07, 6.45) is 3.01. The molecular formula is C16H22N6O3S. The summed E-state index contributed by atoms with van der Waals surface area (Å²) in [7, 11) is 0. The normalized spacial score (nSPS) is 15.1. The lowest BCUT2D eigenvalue weighted by Crippen LogP contribution is -2.47. The molecule has 2 aromatic rings. The predicted molar refractivity (Wildman–Crippen MR) is 99.1 cm³/mol. The number of hydrogen-bond acceptors (Lipinski definition) is 10. The molecule has 2 aromatic heterocycles. The number of carbonyl (C=O) groups excluding carboxylic acids is 1. The second-order valence-electron chi connectivity index (χ2n) is 5.69. The molecule has 0 spiro atoms. The second-order valence-corrected chi connectivity index (χ2v) is 6.72. The van der Waals surface area contributed by atoms with Gasteiger partial charge in [-0.15, -0.1) is 0 Å². The van der Waals surface area contributed by atoms with Gasteiger partial charge in [0, 0.05) is 38.8 Å². The molecule has 0 saturated carbocycles. The Morgan fingerprint density at radius 3 is 2.85 bits per heavy atom. The number of aliphatic hydroxyl groups is 1. The highest BCUT2D eigenvalue weighted by molar-refractivity contribution is 7.17. The number of anilines is 3. The van der Waals surface area contributed by atoms with Crippen LogP contribution in [0.3, 0.4) is 0 Å². The van der Waals surface area contributed by atoms with Crippen molar-refractivity contribution in [3.05, 3.63) is 23.5 Å². The third-order valence-electron chi connectivity index (χ3n) is 3.98. The number of nitrogens with one attached hydrogen (secondary N) is 1. The van der Waals surface area contributed by atoms with E-state index in [0.29, 0.717) is 29.0 Å². The van der Waals surface area contributed by atoms with Gasteiger partial charge in [0.2, 0.25) is 0 Å². The highest BCUT2D eigenvalue weighted by atomic mass is 32.1. The number of rotatable bonds is 7. The molecule has 10 heteroatoms. The monoisotopic (exact) mass is 378 g/mol. The molecule has 26 heavy (non-hydrogen) atoms. The van der Waals surface area contributed by atoms with Crippen LogP contribution in [0.15, 0.2) is 18.6 Å². The zero-order valence-corrected chi connectivity index (χ0v) is 15.4. The van der Waals surface area contributed by atoms with Crippen molar-refractivity contribution < 1.29 is 14.6 Å². The summed E-state index contributed by atoms with van der Waals surface area (Å²) in [6, 6.07) is 1.87. The third-order valence-corrected chi connectivity index (χ3v) is 4.88.